The van der Waals surface area contributed by atoms with Crippen LogP contribution in [0, 0.1) is 5.92 Å². The molecule has 1 unspecified atom stereocenters. The van der Waals surface area contributed by atoms with Crippen LogP contribution >= 0.6 is 0 Å². The third-order valence-electron chi connectivity index (χ3n) is 3.16. The van der Waals surface area contributed by atoms with E-state index in [1.165, 1.54) is 18.2 Å². The van der Waals surface area contributed by atoms with E-state index < -0.39 is 27.6 Å². The second-order valence-corrected chi connectivity index (χ2v) is 6.93. The summed E-state index contributed by atoms with van der Waals surface area (Å²) in [6.45, 7) is 0. The van der Waals surface area contributed by atoms with Gasteiger partial charge in [-0.2, -0.15) is 0 Å². The summed E-state index contributed by atoms with van der Waals surface area (Å²) in [5, 5.41) is 11.3. The van der Waals surface area contributed by atoms with Crippen LogP contribution in [0.4, 0.5) is 11.4 Å². The van der Waals surface area contributed by atoms with Crippen LogP contribution in [0.5, 0.6) is 0 Å². The Morgan fingerprint density at radius 1 is 1.35 bits per heavy atom. The number of nitrogen functional groups attached to an aromatic ring is 1. The minimum Gasteiger partial charge on any atom is -0.478 e. The maximum absolute atomic E-state index is 11.9. The van der Waals surface area contributed by atoms with Crippen LogP contribution in [0.15, 0.2) is 18.2 Å². The summed E-state index contributed by atoms with van der Waals surface area (Å²) in [7, 11) is -3.13. The van der Waals surface area contributed by atoms with Crippen molar-refractivity contribution < 1.29 is 23.1 Å². The maximum Gasteiger partial charge on any atom is 0.335 e. The van der Waals surface area contributed by atoms with Gasteiger partial charge in [-0.25, -0.2) is 13.2 Å². The zero-order chi connectivity index (χ0) is 14.9. The molecular weight excluding hydrogens is 284 g/mol. The lowest BCUT2D eigenvalue weighted by molar-refractivity contribution is -0.119. The van der Waals surface area contributed by atoms with E-state index in [2.05, 4.69) is 5.32 Å². The van der Waals surface area contributed by atoms with Crippen LogP contribution in [0.2, 0.25) is 0 Å². The number of carbonyl (C=O) groups is 2. The number of carboxylic acids is 1. The van der Waals surface area contributed by atoms with E-state index in [4.69, 9.17) is 10.8 Å². The summed E-state index contributed by atoms with van der Waals surface area (Å²) in [6.07, 6.45) is 0.293. The number of amides is 1. The molecule has 0 saturated carbocycles. The lowest BCUT2D eigenvalue weighted by Gasteiger charge is -2.11. The van der Waals surface area contributed by atoms with Crippen molar-refractivity contribution in [1.82, 2.24) is 0 Å². The Kier molecular flexibility index (Phi) is 3.67. The molecular formula is C12H14N2O5S. The molecule has 7 nitrogen and oxygen atoms in total. The first kappa shape index (κ1) is 14.3. The van der Waals surface area contributed by atoms with Crippen LogP contribution in [0.25, 0.3) is 0 Å². The molecule has 1 atom stereocenters. The SMILES string of the molecule is Nc1cc(C(=O)O)ccc1NC(=O)C1CCS(=O)(=O)C1. The predicted molar refractivity (Wildman–Crippen MR) is 73.2 cm³/mol. The molecule has 20 heavy (non-hydrogen) atoms. The van der Waals surface area contributed by atoms with Gasteiger partial charge < -0.3 is 16.2 Å². The quantitative estimate of drug-likeness (QED) is 0.691. The van der Waals surface area contributed by atoms with Crippen molar-refractivity contribution in [1.29, 1.82) is 0 Å². The molecule has 0 radical (unpaired) electrons. The molecule has 0 bridgehead atoms. The highest BCUT2D eigenvalue weighted by molar-refractivity contribution is 7.91. The highest BCUT2D eigenvalue weighted by atomic mass is 32.2. The van der Waals surface area contributed by atoms with E-state index >= 15 is 0 Å². The van der Waals surface area contributed by atoms with Gasteiger partial charge in [-0.3, -0.25) is 4.79 Å². The highest BCUT2D eigenvalue weighted by Crippen LogP contribution is 2.24. The van der Waals surface area contributed by atoms with Crippen molar-refractivity contribution in [2.75, 3.05) is 22.6 Å². The van der Waals surface area contributed by atoms with Gasteiger partial charge in [0.1, 0.15) is 0 Å². The van der Waals surface area contributed by atoms with Crippen molar-refractivity contribution in [3.05, 3.63) is 23.8 Å². The average Bonchev–Trinajstić information content (AvgIpc) is 2.72. The number of carbonyl (C=O) groups excluding carboxylic acids is 1. The smallest absolute Gasteiger partial charge is 0.335 e. The molecule has 1 aromatic rings. The molecule has 0 aromatic heterocycles. The molecule has 2 rings (SSSR count). The summed E-state index contributed by atoms with van der Waals surface area (Å²) in [6, 6.07) is 3.95. The van der Waals surface area contributed by atoms with Gasteiger partial charge in [-0.15, -0.1) is 0 Å². The topological polar surface area (TPSA) is 127 Å². The highest BCUT2D eigenvalue weighted by Gasteiger charge is 2.33. The van der Waals surface area contributed by atoms with Gasteiger partial charge in [0, 0.05) is 0 Å². The van der Waals surface area contributed by atoms with Gasteiger partial charge in [-0.05, 0) is 24.6 Å². The van der Waals surface area contributed by atoms with Crippen molar-refractivity contribution in [2.45, 2.75) is 6.42 Å². The number of hydrogen-bond acceptors (Lipinski definition) is 5. The van der Waals surface area contributed by atoms with E-state index in [-0.39, 0.29) is 28.4 Å². The molecule has 0 spiro atoms. The molecule has 1 amide bonds. The standard InChI is InChI=1S/C12H14N2O5S/c13-9-5-7(12(16)17)1-2-10(9)14-11(15)8-3-4-20(18,19)6-8/h1-2,5,8H,3-4,6,13H2,(H,14,15)(H,16,17). The van der Waals surface area contributed by atoms with E-state index in [1.54, 1.807) is 0 Å². The second-order valence-electron chi connectivity index (χ2n) is 4.70. The van der Waals surface area contributed by atoms with Gasteiger partial charge in [0.2, 0.25) is 5.91 Å². The van der Waals surface area contributed by atoms with E-state index in [0.717, 1.165) is 0 Å². The molecule has 1 heterocycles. The molecule has 1 fully saturated rings. The predicted octanol–water partition coefficient (Wildman–Crippen LogP) is 0.340. The van der Waals surface area contributed by atoms with Crippen molar-refractivity contribution in [3.8, 4) is 0 Å². The molecule has 108 valence electrons. The number of aromatic carboxylic acids is 1. The van der Waals surface area contributed by atoms with Crippen molar-refractivity contribution >= 4 is 33.1 Å². The van der Waals surface area contributed by atoms with Crippen LogP contribution in [-0.2, 0) is 14.6 Å². The zero-order valence-corrected chi connectivity index (χ0v) is 11.3. The summed E-state index contributed by atoms with van der Waals surface area (Å²) < 4.78 is 22.6. The third-order valence-corrected chi connectivity index (χ3v) is 4.93. The number of hydrogen-bond donors (Lipinski definition) is 3. The first-order chi connectivity index (χ1) is 9.28. The average molecular weight is 298 g/mol. The summed E-state index contributed by atoms with van der Waals surface area (Å²) in [5.41, 5.74) is 6.09. The normalized spacial score (nSPS) is 20.5. The van der Waals surface area contributed by atoms with Crippen LogP contribution in [0.1, 0.15) is 16.8 Å². The Morgan fingerprint density at radius 3 is 2.55 bits per heavy atom. The number of nitrogens with one attached hydrogen (secondary N) is 1. The fraction of sp³-hybridized carbons (Fsp3) is 0.333. The maximum atomic E-state index is 11.9. The molecule has 0 aliphatic carbocycles. The van der Waals surface area contributed by atoms with E-state index in [9.17, 15) is 18.0 Å². The molecule has 1 aliphatic rings. The molecule has 1 aromatic carbocycles. The summed E-state index contributed by atoms with van der Waals surface area (Å²) in [4.78, 5) is 22.7. The minimum absolute atomic E-state index is 0.0124. The van der Waals surface area contributed by atoms with Crippen LogP contribution in [0.3, 0.4) is 0 Å². The zero-order valence-electron chi connectivity index (χ0n) is 10.5. The number of benzene rings is 1. The lowest BCUT2D eigenvalue weighted by atomic mass is 10.1. The molecule has 4 N–H and O–H groups in total. The number of nitrogens with two attached hydrogens (primary N) is 1. The van der Waals surface area contributed by atoms with Gasteiger partial charge in [0.05, 0.1) is 34.4 Å². The largest absolute Gasteiger partial charge is 0.478 e. The number of carboxylic acid groups (broad SMARTS) is 1. The van der Waals surface area contributed by atoms with E-state index in [0.29, 0.717) is 6.42 Å². The monoisotopic (exact) mass is 298 g/mol. The van der Waals surface area contributed by atoms with Crippen molar-refractivity contribution in [2.24, 2.45) is 5.92 Å². The van der Waals surface area contributed by atoms with Gasteiger partial charge in [-0.1, -0.05) is 0 Å². The summed E-state index contributed by atoms with van der Waals surface area (Å²) >= 11 is 0. The number of sulfone groups is 1. The second kappa shape index (κ2) is 5.12. The molecule has 8 heteroatoms. The number of rotatable bonds is 3. The summed E-state index contributed by atoms with van der Waals surface area (Å²) in [5.74, 6) is -2.26. The van der Waals surface area contributed by atoms with E-state index in [1.807, 2.05) is 0 Å². The Bertz CT molecular complexity index is 668. The Morgan fingerprint density at radius 2 is 2.05 bits per heavy atom. The Labute approximate surface area is 115 Å². The fourth-order valence-electron chi connectivity index (χ4n) is 2.05. The third kappa shape index (κ3) is 3.08. The van der Waals surface area contributed by atoms with Gasteiger partial charge in [0.25, 0.3) is 0 Å². The molecule has 1 saturated heterocycles. The minimum atomic E-state index is -3.13. The Balaban J connectivity index is 2.11. The molecule has 1 aliphatic heterocycles. The first-order valence-corrected chi connectivity index (χ1v) is 7.75. The van der Waals surface area contributed by atoms with Gasteiger partial charge in [0.15, 0.2) is 9.84 Å². The van der Waals surface area contributed by atoms with Gasteiger partial charge >= 0.3 is 5.97 Å². The fourth-order valence-corrected chi connectivity index (χ4v) is 3.79. The van der Waals surface area contributed by atoms with Crippen molar-refractivity contribution in [3.63, 3.8) is 0 Å². The van der Waals surface area contributed by atoms with Crippen LogP contribution in [-0.4, -0.2) is 36.9 Å². The first-order valence-electron chi connectivity index (χ1n) is 5.92. The lowest BCUT2D eigenvalue weighted by Crippen LogP contribution is -2.24. The van der Waals surface area contributed by atoms with Crippen LogP contribution < -0.4 is 11.1 Å². The Hall–Kier alpha value is -2.09. The number of anilines is 2.